The van der Waals surface area contributed by atoms with Crippen molar-refractivity contribution in [3.8, 4) is 17.3 Å². The number of likely N-dealkylation sites (tertiary alicyclic amines) is 1. The molecule has 1 amide bonds. The molecule has 6 rings (SSSR count). The number of hydrogen-bond acceptors (Lipinski definition) is 10. The normalized spacial score (nSPS) is 19.2. The Kier molecular flexibility index (Phi) is 7.54. The van der Waals surface area contributed by atoms with Crippen molar-refractivity contribution in [2.45, 2.75) is 57.6 Å². The number of imidazole rings is 1. The quantitative estimate of drug-likeness (QED) is 0.325. The predicted octanol–water partition coefficient (Wildman–Crippen LogP) is 4.20. The van der Waals surface area contributed by atoms with Gasteiger partial charge >= 0.3 is 0 Å². The molecular formula is C29H34N8O2S2. The maximum absolute atomic E-state index is 12.5. The smallest absolute Gasteiger partial charge is 0.236 e. The Balaban J connectivity index is 1.22. The molecule has 214 valence electrons. The first kappa shape index (κ1) is 27.8. The number of benzene rings is 1. The number of nitriles is 1. The van der Waals surface area contributed by atoms with Crippen LogP contribution in [-0.4, -0.2) is 86.3 Å². The van der Waals surface area contributed by atoms with Gasteiger partial charge in [-0.1, -0.05) is 59.4 Å². The maximum Gasteiger partial charge on any atom is 0.236 e. The van der Waals surface area contributed by atoms with E-state index in [-0.39, 0.29) is 12.0 Å². The zero-order valence-electron chi connectivity index (χ0n) is 23.7. The van der Waals surface area contributed by atoms with Crippen molar-refractivity contribution in [3.63, 3.8) is 0 Å². The van der Waals surface area contributed by atoms with Gasteiger partial charge in [-0.15, -0.1) is 0 Å². The summed E-state index contributed by atoms with van der Waals surface area (Å²) in [6, 6.07) is 10.7. The first-order chi connectivity index (χ1) is 19.7. The third kappa shape index (κ3) is 5.23. The van der Waals surface area contributed by atoms with Gasteiger partial charge < -0.3 is 14.9 Å². The van der Waals surface area contributed by atoms with E-state index in [1.807, 2.05) is 54.7 Å². The van der Waals surface area contributed by atoms with Crippen LogP contribution in [0, 0.1) is 18.3 Å². The van der Waals surface area contributed by atoms with E-state index in [9.17, 15) is 15.2 Å². The number of carbonyl (C=O) groups excluding carboxylic acids is 1. The number of aliphatic hydroxyl groups is 1. The van der Waals surface area contributed by atoms with Gasteiger partial charge in [0.1, 0.15) is 21.6 Å². The van der Waals surface area contributed by atoms with Crippen molar-refractivity contribution < 1.29 is 9.90 Å². The highest BCUT2D eigenvalue weighted by atomic mass is 32.1. The van der Waals surface area contributed by atoms with E-state index in [1.54, 1.807) is 16.2 Å². The van der Waals surface area contributed by atoms with E-state index in [2.05, 4.69) is 17.9 Å². The molecule has 41 heavy (non-hydrogen) atoms. The minimum absolute atomic E-state index is 0.0843. The topological polar surface area (TPSA) is 114 Å². The van der Waals surface area contributed by atoms with Crippen molar-refractivity contribution >= 4 is 44.5 Å². The van der Waals surface area contributed by atoms with Crippen LogP contribution in [0.2, 0.25) is 0 Å². The molecule has 3 aromatic heterocycles. The Labute approximate surface area is 247 Å². The molecule has 10 nitrogen and oxygen atoms in total. The molecule has 1 aliphatic heterocycles. The summed E-state index contributed by atoms with van der Waals surface area (Å²) in [5.41, 5.74) is 3.73. The highest BCUT2D eigenvalue weighted by molar-refractivity contribution is 7.17. The third-order valence-electron chi connectivity index (χ3n) is 8.22. The SMILES string of the molecule is CCc1nc2sc([C@H]3CC[C@@H](N(C)CC(=O)N4CC(O)C4)C3)nn2c1N(C)c1nc(-c2ccc(C)cc2)c(C#N)s1. The summed E-state index contributed by atoms with van der Waals surface area (Å²) >= 11 is 3.02. The molecule has 0 spiro atoms. The molecular weight excluding hydrogens is 557 g/mol. The molecule has 2 fully saturated rings. The van der Waals surface area contributed by atoms with Crippen molar-refractivity contribution in [1.82, 2.24) is 29.4 Å². The van der Waals surface area contributed by atoms with Crippen LogP contribution in [0.25, 0.3) is 16.2 Å². The average molecular weight is 591 g/mol. The summed E-state index contributed by atoms with van der Waals surface area (Å²) in [6.45, 7) is 5.40. The van der Waals surface area contributed by atoms with E-state index in [0.717, 1.165) is 63.4 Å². The lowest BCUT2D eigenvalue weighted by Crippen LogP contribution is -2.56. The van der Waals surface area contributed by atoms with Gasteiger partial charge in [0.25, 0.3) is 0 Å². The molecule has 0 unspecified atom stereocenters. The molecule has 4 aromatic rings. The number of likely N-dealkylation sites (N-methyl/N-ethyl adjacent to an activating group) is 1. The van der Waals surface area contributed by atoms with Gasteiger partial charge in [-0.05, 0) is 39.7 Å². The first-order valence-corrected chi connectivity index (χ1v) is 15.6. The van der Waals surface area contributed by atoms with Gasteiger partial charge in [-0.25, -0.2) is 9.97 Å². The number of thiazole rings is 1. The maximum atomic E-state index is 12.5. The van der Waals surface area contributed by atoms with Crippen LogP contribution in [0.4, 0.5) is 10.9 Å². The Morgan fingerprint density at radius 2 is 1.93 bits per heavy atom. The number of nitrogens with zero attached hydrogens (tertiary/aromatic N) is 8. The van der Waals surface area contributed by atoms with Crippen molar-refractivity contribution in [3.05, 3.63) is 45.4 Å². The second-order valence-corrected chi connectivity index (χ2v) is 13.1. The summed E-state index contributed by atoms with van der Waals surface area (Å²) < 4.78 is 1.94. The summed E-state index contributed by atoms with van der Waals surface area (Å²) in [7, 11) is 3.99. The second-order valence-electron chi connectivity index (χ2n) is 11.1. The van der Waals surface area contributed by atoms with Crippen LogP contribution in [0.3, 0.4) is 0 Å². The second kappa shape index (κ2) is 11.1. The highest BCUT2D eigenvalue weighted by Gasteiger charge is 2.35. The molecule has 2 atom stereocenters. The van der Waals surface area contributed by atoms with Crippen LogP contribution < -0.4 is 4.90 Å². The average Bonchev–Trinajstić information content (AvgIpc) is 3.73. The highest BCUT2D eigenvalue weighted by Crippen LogP contribution is 2.41. The Hall–Kier alpha value is -3.37. The van der Waals surface area contributed by atoms with Crippen molar-refractivity contribution in [2.24, 2.45) is 0 Å². The Bertz CT molecular complexity index is 1610. The fourth-order valence-corrected chi connectivity index (χ4v) is 7.65. The number of β-amino-alcohol motifs (C(OH)–C–C–N with tert-alkyl or cyclic N) is 1. The number of hydrogen-bond donors (Lipinski definition) is 1. The number of aryl methyl sites for hydroxylation is 2. The van der Waals surface area contributed by atoms with Crippen molar-refractivity contribution in [1.29, 1.82) is 5.26 Å². The fraction of sp³-hybridized carbons (Fsp3) is 0.483. The molecule has 2 aliphatic rings. The molecule has 4 heterocycles. The van der Waals surface area contributed by atoms with Crippen LogP contribution in [0.15, 0.2) is 24.3 Å². The number of aliphatic hydroxyl groups excluding tert-OH is 1. The molecule has 1 aromatic carbocycles. The van der Waals surface area contributed by atoms with Gasteiger partial charge in [0.05, 0.1) is 18.3 Å². The first-order valence-electron chi connectivity index (χ1n) is 14.0. The van der Waals surface area contributed by atoms with E-state index in [0.29, 0.717) is 42.2 Å². The summed E-state index contributed by atoms with van der Waals surface area (Å²) in [6.07, 6.45) is 3.37. The monoisotopic (exact) mass is 590 g/mol. The molecule has 1 saturated carbocycles. The Morgan fingerprint density at radius 3 is 2.61 bits per heavy atom. The minimum Gasteiger partial charge on any atom is -0.389 e. The molecule has 1 saturated heterocycles. The van der Waals surface area contributed by atoms with Gasteiger partial charge in [-0.3, -0.25) is 9.69 Å². The largest absolute Gasteiger partial charge is 0.389 e. The number of fused-ring (bicyclic) bond motifs is 1. The van der Waals surface area contributed by atoms with Crippen LogP contribution >= 0.6 is 22.7 Å². The number of rotatable bonds is 8. The number of aromatic nitrogens is 4. The zero-order valence-corrected chi connectivity index (χ0v) is 25.4. The Morgan fingerprint density at radius 1 is 1.17 bits per heavy atom. The molecule has 0 bridgehead atoms. The molecule has 1 N–H and O–H groups in total. The minimum atomic E-state index is -0.375. The zero-order chi connectivity index (χ0) is 28.8. The summed E-state index contributed by atoms with van der Waals surface area (Å²) in [5, 5.41) is 26.2. The fourth-order valence-electron chi connectivity index (χ4n) is 5.74. The van der Waals surface area contributed by atoms with Gasteiger partial charge in [0.2, 0.25) is 10.9 Å². The molecule has 0 radical (unpaired) electrons. The lowest BCUT2D eigenvalue weighted by atomic mass is 10.1. The number of anilines is 2. The molecule has 12 heteroatoms. The van der Waals surface area contributed by atoms with Gasteiger partial charge in [0, 0.05) is 37.7 Å². The van der Waals surface area contributed by atoms with E-state index in [4.69, 9.17) is 15.1 Å². The van der Waals surface area contributed by atoms with Crippen molar-refractivity contribution in [2.75, 3.05) is 38.6 Å². The van der Waals surface area contributed by atoms with Crippen LogP contribution in [0.5, 0.6) is 0 Å². The summed E-state index contributed by atoms with van der Waals surface area (Å²) in [5.74, 6) is 1.28. The van der Waals surface area contributed by atoms with E-state index in [1.165, 1.54) is 11.3 Å². The van der Waals surface area contributed by atoms with Crippen LogP contribution in [0.1, 0.15) is 53.2 Å². The van der Waals surface area contributed by atoms with E-state index < -0.39 is 0 Å². The lowest BCUT2D eigenvalue weighted by molar-refractivity contribution is -0.142. The van der Waals surface area contributed by atoms with Gasteiger partial charge in [0.15, 0.2) is 10.9 Å². The lowest BCUT2D eigenvalue weighted by Gasteiger charge is -2.37. The standard InChI is InChI=1S/C29H34N8O2S2/c1-5-22-27(35(4)28-32-25(23(13-30)40-28)18-8-6-17(2)7-9-18)37-29(31-22)41-26(33-37)19-10-11-20(12-19)34(3)16-24(39)36-14-21(38)15-36/h6-9,19-21,38H,5,10-12,14-16H2,1-4H3/t19-,20+/m0/s1. The van der Waals surface area contributed by atoms with Gasteiger partial charge in [-0.2, -0.15) is 14.9 Å². The molecule has 1 aliphatic carbocycles. The summed E-state index contributed by atoms with van der Waals surface area (Å²) in [4.78, 5) is 29.7. The predicted molar refractivity (Wildman–Crippen MR) is 161 cm³/mol. The third-order valence-corrected chi connectivity index (χ3v) is 10.3. The van der Waals surface area contributed by atoms with E-state index >= 15 is 0 Å². The number of amides is 1. The van der Waals surface area contributed by atoms with Crippen LogP contribution in [-0.2, 0) is 11.2 Å². The number of carbonyl (C=O) groups is 1.